The Morgan fingerprint density at radius 2 is 2.18 bits per heavy atom. The molecule has 0 fully saturated rings. The summed E-state index contributed by atoms with van der Waals surface area (Å²) < 4.78 is 10.5. The summed E-state index contributed by atoms with van der Waals surface area (Å²) in [6.07, 6.45) is 1.01. The third-order valence-electron chi connectivity index (χ3n) is 2.75. The van der Waals surface area contributed by atoms with Gasteiger partial charge < -0.3 is 14.8 Å². The van der Waals surface area contributed by atoms with Gasteiger partial charge in [-0.3, -0.25) is 4.79 Å². The van der Waals surface area contributed by atoms with E-state index in [0.29, 0.717) is 17.1 Å². The smallest absolute Gasteiger partial charge is 0.231 e. The normalized spacial score (nSPS) is 14.7. The fourth-order valence-corrected chi connectivity index (χ4v) is 1.75. The highest BCUT2D eigenvalue weighted by molar-refractivity contribution is 6.00. The van der Waals surface area contributed by atoms with E-state index < -0.39 is 0 Å². The standard InChI is InChI=1S/C13H17NO3/c1-3-6-14-9(2)13(15)10-4-5-11-12(7-10)17-8-16-11/h4-5,7,9,14H,3,6,8H2,1-2H3/t9-/m0/s1. The first-order valence-corrected chi connectivity index (χ1v) is 5.89. The summed E-state index contributed by atoms with van der Waals surface area (Å²) in [4.78, 5) is 12.1. The van der Waals surface area contributed by atoms with Crippen LogP contribution < -0.4 is 14.8 Å². The predicted molar refractivity (Wildman–Crippen MR) is 64.7 cm³/mol. The second-order valence-electron chi connectivity index (χ2n) is 4.11. The highest BCUT2D eigenvalue weighted by atomic mass is 16.7. The second kappa shape index (κ2) is 5.19. The van der Waals surface area contributed by atoms with E-state index >= 15 is 0 Å². The molecule has 0 saturated carbocycles. The van der Waals surface area contributed by atoms with Crippen LogP contribution in [0.15, 0.2) is 18.2 Å². The number of ether oxygens (including phenoxy) is 2. The summed E-state index contributed by atoms with van der Waals surface area (Å²) in [5.74, 6) is 1.44. The lowest BCUT2D eigenvalue weighted by molar-refractivity contribution is 0.0951. The number of Topliss-reactive ketones (excluding diaryl/α,β-unsaturated/α-hetero) is 1. The molecule has 92 valence electrons. The van der Waals surface area contributed by atoms with Gasteiger partial charge in [0.05, 0.1) is 6.04 Å². The molecule has 2 rings (SSSR count). The van der Waals surface area contributed by atoms with Crippen LogP contribution in [0.25, 0.3) is 0 Å². The molecule has 0 unspecified atom stereocenters. The molecule has 0 bridgehead atoms. The Hall–Kier alpha value is -1.55. The first kappa shape index (κ1) is 11.9. The van der Waals surface area contributed by atoms with Gasteiger partial charge in [0, 0.05) is 5.56 Å². The Labute approximate surface area is 101 Å². The molecule has 4 nitrogen and oxygen atoms in total. The summed E-state index contributed by atoms with van der Waals surface area (Å²) >= 11 is 0. The highest BCUT2D eigenvalue weighted by Gasteiger charge is 2.19. The van der Waals surface area contributed by atoms with Gasteiger partial charge in [-0.1, -0.05) is 6.92 Å². The zero-order valence-electron chi connectivity index (χ0n) is 10.2. The van der Waals surface area contributed by atoms with Gasteiger partial charge in [0.2, 0.25) is 6.79 Å². The van der Waals surface area contributed by atoms with E-state index in [1.807, 2.05) is 6.92 Å². The van der Waals surface area contributed by atoms with Gasteiger partial charge in [-0.25, -0.2) is 0 Å². The Balaban J connectivity index is 2.09. The van der Waals surface area contributed by atoms with Gasteiger partial charge in [-0.15, -0.1) is 0 Å². The predicted octanol–water partition coefficient (Wildman–Crippen LogP) is 1.99. The third-order valence-corrected chi connectivity index (χ3v) is 2.75. The van der Waals surface area contributed by atoms with Crippen molar-refractivity contribution in [3.63, 3.8) is 0 Å². The fraction of sp³-hybridized carbons (Fsp3) is 0.462. The van der Waals surface area contributed by atoms with Crippen LogP contribution in [-0.2, 0) is 0 Å². The molecule has 1 aromatic rings. The van der Waals surface area contributed by atoms with Crippen molar-refractivity contribution in [2.24, 2.45) is 0 Å². The molecule has 0 amide bonds. The van der Waals surface area contributed by atoms with Crippen molar-refractivity contribution in [1.82, 2.24) is 5.32 Å². The SMILES string of the molecule is CCCN[C@@H](C)C(=O)c1ccc2c(c1)OCO2. The number of ketones is 1. The summed E-state index contributed by atoms with van der Waals surface area (Å²) in [5, 5.41) is 3.18. The summed E-state index contributed by atoms with van der Waals surface area (Å²) in [6, 6.07) is 5.13. The Bertz CT molecular complexity index is 417. The molecule has 4 heteroatoms. The quantitative estimate of drug-likeness (QED) is 0.793. The van der Waals surface area contributed by atoms with Gasteiger partial charge in [0.15, 0.2) is 17.3 Å². The third kappa shape index (κ3) is 2.58. The van der Waals surface area contributed by atoms with Gasteiger partial charge in [0.25, 0.3) is 0 Å². The number of carbonyl (C=O) groups excluding carboxylic acids is 1. The molecule has 1 aliphatic rings. The van der Waals surface area contributed by atoms with E-state index in [0.717, 1.165) is 13.0 Å². The van der Waals surface area contributed by atoms with E-state index in [1.165, 1.54) is 0 Å². The molecule has 1 heterocycles. The maximum atomic E-state index is 12.1. The molecule has 0 saturated heterocycles. The van der Waals surface area contributed by atoms with Crippen molar-refractivity contribution in [3.05, 3.63) is 23.8 Å². The van der Waals surface area contributed by atoms with Crippen LogP contribution in [0.4, 0.5) is 0 Å². The van der Waals surface area contributed by atoms with Crippen LogP contribution in [0.2, 0.25) is 0 Å². The monoisotopic (exact) mass is 235 g/mol. The number of carbonyl (C=O) groups is 1. The summed E-state index contributed by atoms with van der Waals surface area (Å²) in [5.41, 5.74) is 0.658. The van der Waals surface area contributed by atoms with Gasteiger partial charge >= 0.3 is 0 Å². The van der Waals surface area contributed by atoms with Gasteiger partial charge in [0.1, 0.15) is 0 Å². The topological polar surface area (TPSA) is 47.6 Å². The zero-order valence-corrected chi connectivity index (χ0v) is 10.2. The molecule has 0 aliphatic carbocycles. The van der Waals surface area contributed by atoms with Crippen molar-refractivity contribution in [1.29, 1.82) is 0 Å². The van der Waals surface area contributed by atoms with Crippen molar-refractivity contribution < 1.29 is 14.3 Å². The lowest BCUT2D eigenvalue weighted by Crippen LogP contribution is -2.34. The highest BCUT2D eigenvalue weighted by Crippen LogP contribution is 2.32. The number of nitrogens with one attached hydrogen (secondary N) is 1. The summed E-state index contributed by atoms with van der Waals surface area (Å²) in [6.45, 7) is 5.03. The Morgan fingerprint density at radius 3 is 2.94 bits per heavy atom. The Kier molecular flexibility index (Phi) is 3.64. The lowest BCUT2D eigenvalue weighted by Gasteiger charge is -2.12. The molecule has 1 N–H and O–H groups in total. The maximum Gasteiger partial charge on any atom is 0.231 e. The Morgan fingerprint density at radius 1 is 1.41 bits per heavy atom. The first-order valence-electron chi connectivity index (χ1n) is 5.89. The van der Waals surface area contributed by atoms with E-state index in [2.05, 4.69) is 12.2 Å². The molecule has 1 aliphatic heterocycles. The minimum atomic E-state index is -0.171. The molecule has 1 aromatic carbocycles. The minimum Gasteiger partial charge on any atom is -0.454 e. The second-order valence-corrected chi connectivity index (χ2v) is 4.11. The van der Waals surface area contributed by atoms with Crippen LogP contribution >= 0.6 is 0 Å². The van der Waals surface area contributed by atoms with Crippen LogP contribution in [-0.4, -0.2) is 25.2 Å². The average Bonchev–Trinajstić information content (AvgIpc) is 2.81. The van der Waals surface area contributed by atoms with Crippen molar-refractivity contribution in [2.45, 2.75) is 26.3 Å². The van der Waals surface area contributed by atoms with Crippen LogP contribution in [0.1, 0.15) is 30.6 Å². The molecule has 0 aromatic heterocycles. The van der Waals surface area contributed by atoms with E-state index in [-0.39, 0.29) is 18.6 Å². The number of benzene rings is 1. The van der Waals surface area contributed by atoms with Crippen molar-refractivity contribution in [3.8, 4) is 11.5 Å². The molecule has 0 radical (unpaired) electrons. The van der Waals surface area contributed by atoms with Crippen molar-refractivity contribution in [2.75, 3.05) is 13.3 Å². The first-order chi connectivity index (χ1) is 8.22. The molecule has 1 atom stereocenters. The fourth-order valence-electron chi connectivity index (χ4n) is 1.75. The van der Waals surface area contributed by atoms with E-state index in [9.17, 15) is 4.79 Å². The van der Waals surface area contributed by atoms with Gasteiger partial charge in [-0.2, -0.15) is 0 Å². The molecule has 17 heavy (non-hydrogen) atoms. The number of rotatable bonds is 5. The lowest BCUT2D eigenvalue weighted by atomic mass is 10.0. The van der Waals surface area contributed by atoms with E-state index in [4.69, 9.17) is 9.47 Å². The minimum absolute atomic E-state index is 0.0803. The molecular formula is C13H17NO3. The molecule has 0 spiro atoms. The van der Waals surface area contributed by atoms with Gasteiger partial charge in [-0.05, 0) is 38.1 Å². The maximum absolute atomic E-state index is 12.1. The summed E-state index contributed by atoms with van der Waals surface area (Å²) in [7, 11) is 0. The van der Waals surface area contributed by atoms with Crippen LogP contribution in [0.3, 0.4) is 0 Å². The van der Waals surface area contributed by atoms with E-state index in [1.54, 1.807) is 18.2 Å². The largest absolute Gasteiger partial charge is 0.454 e. The van der Waals surface area contributed by atoms with Crippen LogP contribution in [0, 0.1) is 0 Å². The number of fused-ring (bicyclic) bond motifs is 1. The van der Waals surface area contributed by atoms with Crippen LogP contribution in [0.5, 0.6) is 11.5 Å². The number of hydrogen-bond acceptors (Lipinski definition) is 4. The zero-order chi connectivity index (χ0) is 12.3. The number of hydrogen-bond donors (Lipinski definition) is 1. The average molecular weight is 235 g/mol. The molecular weight excluding hydrogens is 218 g/mol. The van der Waals surface area contributed by atoms with Crippen molar-refractivity contribution >= 4 is 5.78 Å².